The molecule has 1 N–H and O–H groups in total. The van der Waals surface area contributed by atoms with Crippen molar-refractivity contribution in [3.05, 3.63) is 71.8 Å². The van der Waals surface area contributed by atoms with Crippen LogP contribution in [0, 0.1) is 0 Å². The first-order valence-corrected chi connectivity index (χ1v) is 9.03. The van der Waals surface area contributed by atoms with Crippen molar-refractivity contribution in [2.24, 2.45) is 0 Å². The van der Waals surface area contributed by atoms with Gasteiger partial charge in [0.1, 0.15) is 6.61 Å². The maximum absolute atomic E-state index is 12.1. The van der Waals surface area contributed by atoms with E-state index in [1.807, 2.05) is 36.4 Å². The van der Waals surface area contributed by atoms with Crippen molar-refractivity contribution in [2.45, 2.75) is 38.5 Å². The zero-order valence-corrected chi connectivity index (χ0v) is 14.6. The molecule has 0 aromatic heterocycles. The normalized spacial score (nSPS) is 18.3. The van der Waals surface area contributed by atoms with Crippen LogP contribution in [0.4, 0.5) is 4.79 Å². The zero-order chi connectivity index (χ0) is 17.3. The van der Waals surface area contributed by atoms with Crippen molar-refractivity contribution in [1.82, 2.24) is 10.2 Å². The van der Waals surface area contributed by atoms with Gasteiger partial charge in [-0.1, -0.05) is 67.1 Å². The Morgan fingerprint density at radius 2 is 1.68 bits per heavy atom. The number of hydrogen-bond acceptors (Lipinski definition) is 3. The van der Waals surface area contributed by atoms with Crippen LogP contribution in [0.25, 0.3) is 0 Å². The molecule has 2 aromatic carbocycles. The molecule has 4 nitrogen and oxygen atoms in total. The Hall–Kier alpha value is -2.33. The highest BCUT2D eigenvalue weighted by molar-refractivity contribution is 5.67. The molecule has 1 atom stereocenters. The fraction of sp³-hybridized carbons (Fsp3) is 0.381. The number of nitrogens with zero attached hydrogens (tertiary/aromatic N) is 1. The van der Waals surface area contributed by atoms with E-state index in [-0.39, 0.29) is 12.1 Å². The lowest BCUT2D eigenvalue weighted by molar-refractivity contribution is 0.132. The van der Waals surface area contributed by atoms with Crippen LogP contribution in [0.15, 0.2) is 60.7 Å². The van der Waals surface area contributed by atoms with Crippen LogP contribution >= 0.6 is 0 Å². The fourth-order valence-corrected chi connectivity index (χ4v) is 3.25. The molecule has 0 aliphatic carbocycles. The minimum atomic E-state index is -0.324. The van der Waals surface area contributed by atoms with Gasteiger partial charge in [-0.3, -0.25) is 4.90 Å². The molecule has 0 radical (unpaired) electrons. The minimum Gasteiger partial charge on any atom is -0.445 e. The van der Waals surface area contributed by atoms with E-state index in [2.05, 4.69) is 34.5 Å². The highest BCUT2D eigenvalue weighted by Gasteiger charge is 2.20. The van der Waals surface area contributed by atoms with Gasteiger partial charge < -0.3 is 10.1 Å². The molecule has 0 spiro atoms. The molecule has 3 rings (SSSR count). The molecule has 0 unspecified atom stereocenters. The van der Waals surface area contributed by atoms with Gasteiger partial charge in [0.2, 0.25) is 0 Å². The van der Waals surface area contributed by atoms with Crippen LogP contribution in [-0.4, -0.2) is 30.1 Å². The number of carbonyl (C=O) groups excluding carboxylic acids is 1. The summed E-state index contributed by atoms with van der Waals surface area (Å²) in [6, 6.07) is 20.4. The Kier molecular flexibility index (Phi) is 6.46. The second kappa shape index (κ2) is 9.23. The molecular weight excluding hydrogens is 312 g/mol. The van der Waals surface area contributed by atoms with E-state index in [1.165, 1.54) is 12.0 Å². The fourth-order valence-electron chi connectivity index (χ4n) is 3.25. The van der Waals surface area contributed by atoms with E-state index < -0.39 is 0 Å². The lowest BCUT2D eigenvalue weighted by Crippen LogP contribution is -2.42. The summed E-state index contributed by atoms with van der Waals surface area (Å²) < 4.78 is 5.36. The first kappa shape index (κ1) is 17.5. The first-order chi connectivity index (χ1) is 12.3. The van der Waals surface area contributed by atoms with E-state index in [9.17, 15) is 4.79 Å². The predicted octanol–water partition coefficient (Wildman–Crippen LogP) is 3.97. The second-order valence-corrected chi connectivity index (χ2v) is 6.62. The van der Waals surface area contributed by atoms with Gasteiger partial charge in [0.05, 0.1) is 0 Å². The highest BCUT2D eigenvalue weighted by atomic mass is 16.5. The van der Waals surface area contributed by atoms with Gasteiger partial charge >= 0.3 is 6.09 Å². The molecule has 1 amide bonds. The standard InChI is InChI=1S/C21H26N2O2/c24-21(25-17-19-11-5-2-6-12-19)22-20-13-7-8-14-23(16-20)15-18-9-3-1-4-10-18/h1-6,9-12,20H,7-8,13-17H2,(H,22,24)/t20-/m1/s1. The first-order valence-electron chi connectivity index (χ1n) is 9.03. The van der Waals surface area contributed by atoms with Crippen molar-refractivity contribution in [3.63, 3.8) is 0 Å². The molecule has 1 aliphatic rings. The molecule has 25 heavy (non-hydrogen) atoms. The summed E-state index contributed by atoms with van der Waals surface area (Å²) in [5.74, 6) is 0. The van der Waals surface area contributed by atoms with Gasteiger partial charge in [-0.15, -0.1) is 0 Å². The SMILES string of the molecule is O=C(N[C@@H]1CCCCN(Cc2ccccc2)C1)OCc1ccccc1. The van der Waals surface area contributed by atoms with Gasteiger partial charge in [0.25, 0.3) is 0 Å². The number of carbonyl (C=O) groups is 1. The third kappa shape index (κ3) is 5.91. The number of hydrogen-bond donors (Lipinski definition) is 1. The molecule has 1 saturated heterocycles. The van der Waals surface area contributed by atoms with Gasteiger partial charge in [0.15, 0.2) is 0 Å². The van der Waals surface area contributed by atoms with Gasteiger partial charge in [-0.25, -0.2) is 4.79 Å². The lowest BCUT2D eigenvalue weighted by Gasteiger charge is -2.24. The maximum atomic E-state index is 12.1. The molecule has 1 fully saturated rings. The minimum absolute atomic E-state index is 0.148. The van der Waals surface area contributed by atoms with Gasteiger partial charge in [0, 0.05) is 19.1 Å². The topological polar surface area (TPSA) is 41.6 Å². The van der Waals surface area contributed by atoms with E-state index in [0.717, 1.165) is 38.0 Å². The lowest BCUT2D eigenvalue weighted by atomic mass is 10.1. The number of rotatable bonds is 5. The number of likely N-dealkylation sites (tertiary alicyclic amines) is 1. The molecule has 0 saturated carbocycles. The van der Waals surface area contributed by atoms with Crippen LogP contribution in [0.5, 0.6) is 0 Å². The largest absolute Gasteiger partial charge is 0.445 e. The van der Waals surface area contributed by atoms with E-state index in [1.54, 1.807) is 0 Å². The molecule has 132 valence electrons. The van der Waals surface area contributed by atoms with E-state index >= 15 is 0 Å². The van der Waals surface area contributed by atoms with Crippen molar-refractivity contribution in [3.8, 4) is 0 Å². The van der Waals surface area contributed by atoms with Crippen molar-refractivity contribution in [2.75, 3.05) is 13.1 Å². The van der Waals surface area contributed by atoms with E-state index in [4.69, 9.17) is 4.74 Å². The summed E-state index contributed by atoms with van der Waals surface area (Å²) in [5, 5.41) is 3.04. The number of benzene rings is 2. The van der Waals surface area contributed by atoms with Gasteiger partial charge in [-0.2, -0.15) is 0 Å². The molecule has 2 aromatic rings. The Morgan fingerprint density at radius 1 is 1.00 bits per heavy atom. The summed E-state index contributed by atoms with van der Waals surface area (Å²) in [6.45, 7) is 3.19. The average Bonchev–Trinajstić information content (AvgIpc) is 2.86. The van der Waals surface area contributed by atoms with Crippen LogP contribution < -0.4 is 5.32 Å². The summed E-state index contributed by atoms with van der Waals surface area (Å²) >= 11 is 0. The molecule has 1 aliphatic heterocycles. The summed E-state index contributed by atoms with van der Waals surface area (Å²) in [6.07, 6.45) is 2.99. The van der Waals surface area contributed by atoms with E-state index in [0.29, 0.717) is 6.61 Å². The monoisotopic (exact) mass is 338 g/mol. The second-order valence-electron chi connectivity index (χ2n) is 6.62. The molecular formula is C21H26N2O2. The predicted molar refractivity (Wildman–Crippen MR) is 99.1 cm³/mol. The summed E-state index contributed by atoms with van der Waals surface area (Å²) in [4.78, 5) is 14.5. The third-order valence-electron chi connectivity index (χ3n) is 4.54. The Bertz CT molecular complexity index is 645. The third-order valence-corrected chi connectivity index (χ3v) is 4.54. The Labute approximate surface area is 149 Å². The summed E-state index contributed by atoms with van der Waals surface area (Å²) in [7, 11) is 0. The molecule has 0 bridgehead atoms. The van der Waals surface area contributed by atoms with Crippen molar-refractivity contribution in [1.29, 1.82) is 0 Å². The van der Waals surface area contributed by atoms with Crippen LogP contribution in [0.2, 0.25) is 0 Å². The number of alkyl carbamates (subject to hydrolysis) is 1. The average molecular weight is 338 g/mol. The number of nitrogens with one attached hydrogen (secondary N) is 1. The van der Waals surface area contributed by atoms with Crippen molar-refractivity contribution < 1.29 is 9.53 Å². The van der Waals surface area contributed by atoms with Crippen molar-refractivity contribution >= 4 is 6.09 Å². The smallest absolute Gasteiger partial charge is 0.407 e. The quantitative estimate of drug-likeness (QED) is 0.897. The number of ether oxygens (including phenoxy) is 1. The summed E-state index contributed by atoms with van der Waals surface area (Å²) in [5.41, 5.74) is 2.32. The number of amides is 1. The molecule has 4 heteroatoms. The van der Waals surface area contributed by atoms with Crippen LogP contribution in [0.3, 0.4) is 0 Å². The van der Waals surface area contributed by atoms with Crippen LogP contribution in [0.1, 0.15) is 30.4 Å². The molecule has 1 heterocycles. The Morgan fingerprint density at radius 3 is 2.40 bits per heavy atom. The van der Waals surface area contributed by atoms with Gasteiger partial charge in [-0.05, 0) is 30.5 Å². The Balaban J connectivity index is 1.48. The maximum Gasteiger partial charge on any atom is 0.407 e. The van der Waals surface area contributed by atoms with Crippen LogP contribution in [-0.2, 0) is 17.9 Å². The zero-order valence-electron chi connectivity index (χ0n) is 14.6. The highest BCUT2D eigenvalue weighted by Crippen LogP contribution is 2.14.